The van der Waals surface area contributed by atoms with Gasteiger partial charge in [0.25, 0.3) is 0 Å². The van der Waals surface area contributed by atoms with Gasteiger partial charge in [-0.1, -0.05) is 31.9 Å². The predicted octanol–water partition coefficient (Wildman–Crippen LogP) is 0.639. The molecule has 0 unspecified atom stereocenters. The molecule has 0 bridgehead atoms. The van der Waals surface area contributed by atoms with Gasteiger partial charge in [-0.05, 0) is 6.42 Å². The first kappa shape index (κ1) is 7.98. The van der Waals surface area contributed by atoms with Crippen LogP contribution in [0.15, 0.2) is 0 Å². The minimum absolute atomic E-state index is 0.0388. The van der Waals surface area contributed by atoms with Crippen LogP contribution in [0.1, 0.15) is 6.42 Å². The van der Waals surface area contributed by atoms with Crippen LogP contribution in [0.25, 0.3) is 0 Å². The highest BCUT2D eigenvalue weighted by Crippen LogP contribution is 2.31. The molecular formula is C5H8Br2O2. The van der Waals surface area contributed by atoms with Crippen LogP contribution in [0.2, 0.25) is 0 Å². The van der Waals surface area contributed by atoms with Crippen LogP contribution in [-0.4, -0.2) is 32.1 Å². The molecule has 0 heterocycles. The van der Waals surface area contributed by atoms with Crippen molar-refractivity contribution in [3.63, 3.8) is 0 Å². The third-order valence-corrected chi connectivity index (χ3v) is 3.37. The Labute approximate surface area is 70.5 Å². The molecule has 1 fully saturated rings. The zero-order valence-corrected chi connectivity index (χ0v) is 7.84. The van der Waals surface area contributed by atoms with E-state index in [0.29, 0.717) is 0 Å². The monoisotopic (exact) mass is 258 g/mol. The first-order valence-electron chi connectivity index (χ1n) is 2.77. The van der Waals surface area contributed by atoms with Crippen LogP contribution in [0.5, 0.6) is 0 Å². The zero-order chi connectivity index (χ0) is 7.02. The van der Waals surface area contributed by atoms with E-state index in [1.807, 2.05) is 0 Å². The molecule has 4 atom stereocenters. The summed E-state index contributed by atoms with van der Waals surface area (Å²) in [5.41, 5.74) is 0. The lowest BCUT2D eigenvalue weighted by Gasteiger charge is -2.10. The molecule has 0 aliphatic heterocycles. The standard InChI is InChI=1S/C5H8Br2O2/c6-2-1-3(7)5(9)4(2)8/h2-5,8-9H,1H2/t2-,3+,4+,5-. The molecule has 9 heavy (non-hydrogen) atoms. The van der Waals surface area contributed by atoms with Gasteiger partial charge in [-0.3, -0.25) is 0 Å². The van der Waals surface area contributed by atoms with Gasteiger partial charge in [-0.2, -0.15) is 0 Å². The number of aliphatic hydroxyl groups excluding tert-OH is 2. The fourth-order valence-corrected chi connectivity index (χ4v) is 2.85. The smallest absolute Gasteiger partial charge is 0.0935 e. The molecule has 2 N–H and O–H groups in total. The minimum atomic E-state index is -0.616. The molecular weight excluding hydrogens is 252 g/mol. The van der Waals surface area contributed by atoms with Crippen molar-refractivity contribution in [2.45, 2.75) is 28.3 Å². The van der Waals surface area contributed by atoms with Gasteiger partial charge < -0.3 is 10.2 Å². The van der Waals surface area contributed by atoms with E-state index < -0.39 is 12.2 Å². The highest BCUT2D eigenvalue weighted by atomic mass is 79.9. The van der Waals surface area contributed by atoms with E-state index in [9.17, 15) is 0 Å². The normalized spacial score (nSPS) is 52.0. The lowest BCUT2D eigenvalue weighted by atomic mass is 10.3. The van der Waals surface area contributed by atoms with E-state index in [1.54, 1.807) is 0 Å². The quantitative estimate of drug-likeness (QED) is 0.627. The molecule has 0 aromatic heterocycles. The zero-order valence-electron chi connectivity index (χ0n) is 4.67. The van der Waals surface area contributed by atoms with Gasteiger partial charge in [0, 0.05) is 9.65 Å². The molecule has 1 rings (SSSR count). The molecule has 1 aliphatic rings. The van der Waals surface area contributed by atoms with Crippen molar-refractivity contribution in [2.24, 2.45) is 0 Å². The fourth-order valence-electron chi connectivity index (χ4n) is 0.922. The Balaban J connectivity index is 2.54. The molecule has 0 aromatic rings. The molecule has 1 aliphatic carbocycles. The number of halogens is 2. The van der Waals surface area contributed by atoms with Gasteiger partial charge in [0.05, 0.1) is 12.2 Å². The average molecular weight is 260 g/mol. The summed E-state index contributed by atoms with van der Waals surface area (Å²) in [6, 6.07) is 0. The maximum Gasteiger partial charge on any atom is 0.0935 e. The topological polar surface area (TPSA) is 40.5 Å². The van der Waals surface area contributed by atoms with Crippen molar-refractivity contribution in [3.05, 3.63) is 0 Å². The highest BCUT2D eigenvalue weighted by molar-refractivity contribution is 9.10. The lowest BCUT2D eigenvalue weighted by Crippen LogP contribution is -2.28. The van der Waals surface area contributed by atoms with Crippen LogP contribution < -0.4 is 0 Å². The Kier molecular flexibility index (Phi) is 2.54. The first-order chi connectivity index (χ1) is 4.13. The van der Waals surface area contributed by atoms with Gasteiger partial charge in [0.15, 0.2) is 0 Å². The Hall–Kier alpha value is 0.880. The van der Waals surface area contributed by atoms with Crippen molar-refractivity contribution in [2.75, 3.05) is 0 Å². The van der Waals surface area contributed by atoms with Crippen molar-refractivity contribution < 1.29 is 10.2 Å². The summed E-state index contributed by atoms with van der Waals surface area (Å²) in [4.78, 5) is 0.0775. The van der Waals surface area contributed by atoms with E-state index in [1.165, 1.54) is 0 Å². The fraction of sp³-hybridized carbons (Fsp3) is 1.00. The van der Waals surface area contributed by atoms with Crippen LogP contribution in [0.4, 0.5) is 0 Å². The summed E-state index contributed by atoms with van der Waals surface area (Å²) < 4.78 is 0. The number of alkyl halides is 2. The minimum Gasteiger partial charge on any atom is -0.389 e. The van der Waals surface area contributed by atoms with E-state index >= 15 is 0 Å². The van der Waals surface area contributed by atoms with Gasteiger partial charge >= 0.3 is 0 Å². The second-order valence-electron chi connectivity index (χ2n) is 2.25. The van der Waals surface area contributed by atoms with Gasteiger partial charge in [-0.15, -0.1) is 0 Å². The summed E-state index contributed by atoms with van der Waals surface area (Å²) in [5, 5.41) is 18.2. The molecule has 0 amide bonds. The molecule has 0 radical (unpaired) electrons. The van der Waals surface area contributed by atoms with Crippen molar-refractivity contribution in [3.8, 4) is 0 Å². The number of hydrogen-bond donors (Lipinski definition) is 2. The maximum absolute atomic E-state index is 9.11. The molecule has 0 spiro atoms. The molecule has 54 valence electrons. The highest BCUT2D eigenvalue weighted by Gasteiger charge is 2.38. The number of aliphatic hydroxyl groups is 2. The second-order valence-corrected chi connectivity index (χ2v) is 4.60. The van der Waals surface area contributed by atoms with Crippen LogP contribution in [0, 0.1) is 0 Å². The van der Waals surface area contributed by atoms with Crippen molar-refractivity contribution in [1.82, 2.24) is 0 Å². The maximum atomic E-state index is 9.11. The Morgan fingerprint density at radius 2 is 1.33 bits per heavy atom. The van der Waals surface area contributed by atoms with Crippen molar-refractivity contribution in [1.29, 1.82) is 0 Å². The molecule has 1 saturated carbocycles. The Bertz CT molecular complexity index is 97.1. The molecule has 0 aromatic carbocycles. The lowest BCUT2D eigenvalue weighted by molar-refractivity contribution is 0.0503. The number of rotatable bonds is 0. The predicted molar refractivity (Wildman–Crippen MR) is 42.1 cm³/mol. The summed E-state index contributed by atoms with van der Waals surface area (Å²) in [6.07, 6.45) is -0.453. The van der Waals surface area contributed by atoms with Gasteiger partial charge in [-0.25, -0.2) is 0 Å². The Morgan fingerprint density at radius 1 is 1.00 bits per heavy atom. The molecule has 2 nitrogen and oxygen atoms in total. The van der Waals surface area contributed by atoms with Crippen LogP contribution >= 0.6 is 31.9 Å². The first-order valence-corrected chi connectivity index (χ1v) is 4.60. The van der Waals surface area contributed by atoms with E-state index in [2.05, 4.69) is 31.9 Å². The van der Waals surface area contributed by atoms with Crippen LogP contribution in [-0.2, 0) is 0 Å². The summed E-state index contributed by atoms with van der Waals surface area (Å²) in [6.45, 7) is 0. The molecule has 4 heteroatoms. The van der Waals surface area contributed by atoms with Gasteiger partial charge in [0.2, 0.25) is 0 Å². The summed E-state index contributed by atoms with van der Waals surface area (Å²) >= 11 is 6.49. The van der Waals surface area contributed by atoms with Crippen molar-refractivity contribution >= 4 is 31.9 Å². The SMILES string of the molecule is O[C@@H]1[C@H](O)[C@@H](Br)C[C@H]1Br. The molecule has 0 saturated heterocycles. The average Bonchev–Trinajstić information content (AvgIpc) is 1.98. The third kappa shape index (κ3) is 1.48. The summed E-state index contributed by atoms with van der Waals surface area (Å²) in [5.74, 6) is 0. The van der Waals surface area contributed by atoms with Gasteiger partial charge in [0.1, 0.15) is 0 Å². The summed E-state index contributed by atoms with van der Waals surface area (Å²) in [7, 11) is 0. The van der Waals surface area contributed by atoms with E-state index in [4.69, 9.17) is 10.2 Å². The second kappa shape index (κ2) is 2.86. The van der Waals surface area contributed by atoms with E-state index in [0.717, 1.165) is 6.42 Å². The number of hydrogen-bond acceptors (Lipinski definition) is 2. The van der Waals surface area contributed by atoms with Crippen LogP contribution in [0.3, 0.4) is 0 Å². The Morgan fingerprint density at radius 3 is 1.44 bits per heavy atom. The largest absolute Gasteiger partial charge is 0.389 e. The third-order valence-electron chi connectivity index (χ3n) is 1.54. The van der Waals surface area contributed by atoms with E-state index in [-0.39, 0.29) is 9.65 Å².